The zero-order valence-electron chi connectivity index (χ0n) is 16.3. The zero-order chi connectivity index (χ0) is 21.0. The van der Waals surface area contributed by atoms with Gasteiger partial charge in [0.25, 0.3) is 10.0 Å². The molecule has 2 heterocycles. The van der Waals surface area contributed by atoms with Crippen molar-refractivity contribution in [3.05, 3.63) is 65.6 Å². The number of hydrogen-bond acceptors (Lipinski definition) is 6. The molecule has 1 atom stereocenters. The highest BCUT2D eigenvalue weighted by Crippen LogP contribution is 2.23. The van der Waals surface area contributed by atoms with E-state index in [1.807, 2.05) is 19.2 Å². The minimum absolute atomic E-state index is 0.198. The number of aromatic nitrogens is 2. The first kappa shape index (κ1) is 21.0. The van der Waals surface area contributed by atoms with Gasteiger partial charge in [0.05, 0.1) is 13.7 Å². The lowest BCUT2D eigenvalue weighted by Gasteiger charge is -2.21. The molecule has 29 heavy (non-hydrogen) atoms. The molecular weight excluding hydrogens is 412 g/mol. The second-order valence-electron chi connectivity index (χ2n) is 6.36. The van der Waals surface area contributed by atoms with Gasteiger partial charge >= 0.3 is 0 Å². The smallest absolute Gasteiger partial charge is 0.252 e. The van der Waals surface area contributed by atoms with E-state index in [-0.39, 0.29) is 10.8 Å². The molecule has 1 amide bonds. The van der Waals surface area contributed by atoms with Gasteiger partial charge in [-0.2, -0.15) is 4.31 Å². The van der Waals surface area contributed by atoms with Crippen molar-refractivity contribution in [1.82, 2.24) is 19.2 Å². The average molecular weight is 435 g/mol. The number of sulfonamides is 1. The number of rotatable bonds is 8. The predicted molar refractivity (Wildman–Crippen MR) is 110 cm³/mol. The number of carbonyl (C=O) groups is 1. The van der Waals surface area contributed by atoms with E-state index in [0.717, 1.165) is 21.2 Å². The van der Waals surface area contributed by atoms with Gasteiger partial charge in [-0.05, 0) is 29.1 Å². The van der Waals surface area contributed by atoms with E-state index in [1.165, 1.54) is 13.1 Å². The Morgan fingerprint density at radius 1 is 1.31 bits per heavy atom. The second kappa shape index (κ2) is 8.76. The lowest BCUT2D eigenvalue weighted by atomic mass is 10.1. The number of nitrogens with zero attached hydrogens (tertiary/aromatic N) is 3. The summed E-state index contributed by atoms with van der Waals surface area (Å²) in [5, 5.41) is 4.58. The zero-order valence-corrected chi connectivity index (χ0v) is 17.9. The number of nitrogens with one attached hydrogen (secondary N) is 1. The fraction of sp³-hybridized carbons (Fsp3) is 0.263. The molecule has 0 fully saturated rings. The van der Waals surface area contributed by atoms with Crippen LogP contribution >= 0.6 is 11.3 Å². The topological polar surface area (TPSA) is 93.5 Å². The molecule has 0 radical (unpaired) electrons. The lowest BCUT2D eigenvalue weighted by molar-refractivity contribution is -0.121. The largest absolute Gasteiger partial charge is 0.497 e. The molecule has 154 valence electrons. The summed E-state index contributed by atoms with van der Waals surface area (Å²) < 4.78 is 33.4. The average Bonchev–Trinajstić information content (AvgIpc) is 3.38. The second-order valence-corrected chi connectivity index (χ2v) is 9.58. The van der Waals surface area contributed by atoms with Gasteiger partial charge in [-0.25, -0.2) is 13.4 Å². The first-order valence-corrected chi connectivity index (χ1v) is 11.0. The van der Waals surface area contributed by atoms with Crippen LogP contribution in [0.2, 0.25) is 0 Å². The maximum Gasteiger partial charge on any atom is 0.252 e. The van der Waals surface area contributed by atoms with Crippen LogP contribution in [-0.2, 0) is 21.9 Å². The van der Waals surface area contributed by atoms with Crippen LogP contribution in [0.5, 0.6) is 5.75 Å². The molecule has 0 aliphatic heterocycles. The molecule has 3 aromatic rings. The van der Waals surface area contributed by atoms with Crippen LogP contribution in [0, 0.1) is 0 Å². The maximum absolute atomic E-state index is 12.7. The Hall–Kier alpha value is -2.69. The highest BCUT2D eigenvalue weighted by Gasteiger charge is 2.26. The molecule has 0 spiro atoms. The number of thiophene rings is 1. The molecule has 0 aliphatic rings. The SMILES string of the molecule is COc1ccc([C@H](NC(=O)CN(C)S(=O)(=O)c2cccs2)c2nccn2C)cc1. The Labute approximate surface area is 173 Å². The predicted octanol–water partition coefficient (Wildman–Crippen LogP) is 2.02. The Morgan fingerprint density at radius 3 is 2.59 bits per heavy atom. The minimum Gasteiger partial charge on any atom is -0.497 e. The van der Waals surface area contributed by atoms with Crippen LogP contribution in [0.4, 0.5) is 0 Å². The van der Waals surface area contributed by atoms with E-state index < -0.39 is 22.0 Å². The van der Waals surface area contributed by atoms with Crippen LogP contribution in [-0.4, -0.2) is 48.9 Å². The molecule has 0 aliphatic carbocycles. The molecule has 1 N–H and O–H groups in total. The Kier molecular flexibility index (Phi) is 6.36. The summed E-state index contributed by atoms with van der Waals surface area (Å²) in [4.78, 5) is 17.1. The lowest BCUT2D eigenvalue weighted by Crippen LogP contribution is -2.40. The first-order valence-electron chi connectivity index (χ1n) is 8.73. The van der Waals surface area contributed by atoms with Crippen molar-refractivity contribution in [3.63, 3.8) is 0 Å². The van der Waals surface area contributed by atoms with Crippen molar-refractivity contribution >= 4 is 27.3 Å². The normalized spacial score (nSPS) is 12.7. The van der Waals surface area contributed by atoms with Crippen molar-refractivity contribution < 1.29 is 17.9 Å². The van der Waals surface area contributed by atoms with Crippen LogP contribution in [0.3, 0.4) is 0 Å². The highest BCUT2D eigenvalue weighted by molar-refractivity contribution is 7.91. The third kappa shape index (κ3) is 4.66. The van der Waals surface area contributed by atoms with E-state index in [1.54, 1.807) is 47.6 Å². The summed E-state index contributed by atoms with van der Waals surface area (Å²) in [5.74, 6) is 0.893. The summed E-state index contributed by atoms with van der Waals surface area (Å²) in [7, 11) is 1.09. The van der Waals surface area contributed by atoms with Gasteiger partial charge in [0, 0.05) is 26.5 Å². The van der Waals surface area contributed by atoms with Crippen molar-refractivity contribution in [1.29, 1.82) is 0 Å². The third-order valence-electron chi connectivity index (χ3n) is 4.40. The van der Waals surface area contributed by atoms with E-state index in [2.05, 4.69) is 10.3 Å². The molecule has 1 aromatic carbocycles. The number of amides is 1. The molecule has 8 nitrogen and oxygen atoms in total. The number of hydrogen-bond donors (Lipinski definition) is 1. The Balaban J connectivity index is 1.80. The molecule has 10 heteroatoms. The fourth-order valence-corrected chi connectivity index (χ4v) is 5.13. The number of ether oxygens (including phenoxy) is 1. The summed E-state index contributed by atoms with van der Waals surface area (Å²) in [5.41, 5.74) is 0.803. The van der Waals surface area contributed by atoms with Crippen LogP contribution in [0.1, 0.15) is 17.4 Å². The first-order chi connectivity index (χ1) is 13.8. The van der Waals surface area contributed by atoms with Crippen LogP contribution < -0.4 is 10.1 Å². The van der Waals surface area contributed by atoms with E-state index >= 15 is 0 Å². The quantitative estimate of drug-likeness (QED) is 0.585. The van der Waals surface area contributed by atoms with Gasteiger partial charge in [-0.3, -0.25) is 4.79 Å². The summed E-state index contributed by atoms with van der Waals surface area (Å²) in [6.07, 6.45) is 3.43. The Morgan fingerprint density at radius 2 is 2.03 bits per heavy atom. The number of likely N-dealkylation sites (N-methyl/N-ethyl adjacent to an activating group) is 1. The van der Waals surface area contributed by atoms with Crippen molar-refractivity contribution in [2.75, 3.05) is 20.7 Å². The van der Waals surface area contributed by atoms with Gasteiger partial charge in [0.15, 0.2) is 0 Å². The third-order valence-corrected chi connectivity index (χ3v) is 7.57. The summed E-state index contributed by atoms with van der Waals surface area (Å²) >= 11 is 1.11. The molecule has 0 saturated carbocycles. The van der Waals surface area contributed by atoms with Crippen molar-refractivity contribution in [3.8, 4) is 5.75 Å². The highest BCUT2D eigenvalue weighted by atomic mass is 32.2. The van der Waals surface area contributed by atoms with E-state index in [9.17, 15) is 13.2 Å². The van der Waals surface area contributed by atoms with Gasteiger partial charge < -0.3 is 14.6 Å². The molecule has 0 unspecified atom stereocenters. The number of imidazole rings is 1. The fourth-order valence-electron chi connectivity index (χ4n) is 2.81. The van der Waals surface area contributed by atoms with Gasteiger partial charge in [-0.15, -0.1) is 11.3 Å². The van der Waals surface area contributed by atoms with Crippen LogP contribution in [0.15, 0.2) is 58.4 Å². The summed E-state index contributed by atoms with van der Waals surface area (Å²) in [6.45, 7) is -0.308. The van der Waals surface area contributed by atoms with Gasteiger partial charge in [-0.1, -0.05) is 18.2 Å². The number of benzene rings is 1. The van der Waals surface area contributed by atoms with E-state index in [4.69, 9.17) is 4.74 Å². The molecule has 0 bridgehead atoms. The van der Waals surface area contributed by atoms with Gasteiger partial charge in [0.2, 0.25) is 5.91 Å². The minimum atomic E-state index is -3.71. The Bertz CT molecular complexity index is 1060. The molecule has 2 aromatic heterocycles. The van der Waals surface area contributed by atoms with Crippen molar-refractivity contribution in [2.45, 2.75) is 10.3 Å². The van der Waals surface area contributed by atoms with Crippen molar-refractivity contribution in [2.24, 2.45) is 7.05 Å². The van der Waals surface area contributed by atoms with Crippen LogP contribution in [0.25, 0.3) is 0 Å². The number of aryl methyl sites for hydroxylation is 1. The maximum atomic E-state index is 12.7. The van der Waals surface area contributed by atoms with Gasteiger partial charge in [0.1, 0.15) is 21.8 Å². The molecular formula is C19H22N4O4S2. The molecule has 3 rings (SSSR count). The van der Waals surface area contributed by atoms with E-state index in [0.29, 0.717) is 11.6 Å². The number of methoxy groups -OCH3 is 1. The summed E-state index contributed by atoms with van der Waals surface area (Å²) in [6, 6.07) is 9.91. The monoisotopic (exact) mass is 434 g/mol. The molecule has 0 saturated heterocycles. The number of carbonyl (C=O) groups excluding carboxylic acids is 1. The standard InChI is InChI=1S/C19H22N4O4S2/c1-22-11-10-20-19(22)18(14-6-8-15(27-3)9-7-14)21-16(24)13-23(2)29(25,26)17-5-4-12-28-17/h4-12,18H,13H2,1-3H3,(H,21,24)/t18-/m0/s1.